The number of ether oxygens (including phenoxy) is 3. The van der Waals surface area contributed by atoms with Gasteiger partial charge in [0.2, 0.25) is 0 Å². The van der Waals surface area contributed by atoms with E-state index >= 15 is 0 Å². The van der Waals surface area contributed by atoms with Crippen LogP contribution in [0.25, 0.3) is 0 Å². The molecule has 1 saturated carbocycles. The summed E-state index contributed by atoms with van der Waals surface area (Å²) in [7, 11) is 4.54. The third kappa shape index (κ3) is 6.89. The number of rotatable bonds is 6. The summed E-state index contributed by atoms with van der Waals surface area (Å²) in [5, 5.41) is 0. The van der Waals surface area contributed by atoms with Crippen LogP contribution in [-0.2, 0) is 9.78 Å². The molecule has 0 spiro atoms. The lowest BCUT2D eigenvalue weighted by atomic mass is 9.99. The normalized spacial score (nSPS) is 17.1. The maximum Gasteiger partial charge on any atom is 0.376 e. The standard InChI is InChI=1S/C22H34O6/c1-24-19-16-21(26-3)20(25-2)15-18(19)22(23)28-27-17-13-11-9-7-5-4-6-8-10-12-14-17/h15-17H,4-14H2,1-3H3. The van der Waals surface area contributed by atoms with Gasteiger partial charge in [-0.2, -0.15) is 4.89 Å². The van der Waals surface area contributed by atoms with E-state index in [2.05, 4.69) is 0 Å². The molecule has 1 aromatic carbocycles. The van der Waals surface area contributed by atoms with Gasteiger partial charge in [0.25, 0.3) is 0 Å². The monoisotopic (exact) mass is 394 g/mol. The summed E-state index contributed by atoms with van der Waals surface area (Å²) in [4.78, 5) is 23.3. The van der Waals surface area contributed by atoms with Crippen LogP contribution in [0.4, 0.5) is 0 Å². The Labute approximate surface area is 168 Å². The molecule has 1 aliphatic carbocycles. The van der Waals surface area contributed by atoms with E-state index in [9.17, 15) is 4.79 Å². The van der Waals surface area contributed by atoms with Crippen molar-refractivity contribution in [1.82, 2.24) is 0 Å². The first-order chi connectivity index (χ1) is 13.7. The summed E-state index contributed by atoms with van der Waals surface area (Å²) < 4.78 is 15.8. The van der Waals surface area contributed by atoms with Gasteiger partial charge in [0.15, 0.2) is 11.5 Å². The summed E-state index contributed by atoms with van der Waals surface area (Å²) >= 11 is 0. The van der Waals surface area contributed by atoms with E-state index < -0.39 is 5.97 Å². The summed E-state index contributed by atoms with van der Waals surface area (Å²) in [5.74, 6) is 0.672. The van der Waals surface area contributed by atoms with Crippen LogP contribution in [0, 0.1) is 0 Å². The van der Waals surface area contributed by atoms with Crippen molar-refractivity contribution in [3.8, 4) is 17.2 Å². The Bertz CT molecular complexity index is 589. The minimum atomic E-state index is -0.594. The zero-order valence-corrected chi connectivity index (χ0v) is 17.5. The second kappa shape index (κ2) is 12.5. The van der Waals surface area contributed by atoms with Crippen LogP contribution in [0.15, 0.2) is 12.1 Å². The number of benzene rings is 1. The van der Waals surface area contributed by atoms with Gasteiger partial charge in [0.05, 0.1) is 21.3 Å². The number of carbonyl (C=O) groups excluding carboxylic acids is 1. The van der Waals surface area contributed by atoms with Gasteiger partial charge in [-0.3, -0.25) is 4.89 Å². The zero-order chi connectivity index (χ0) is 20.2. The fourth-order valence-electron chi connectivity index (χ4n) is 3.57. The molecule has 2 rings (SSSR count). The molecule has 28 heavy (non-hydrogen) atoms. The number of carbonyl (C=O) groups is 1. The smallest absolute Gasteiger partial charge is 0.376 e. The fourth-order valence-corrected chi connectivity index (χ4v) is 3.57. The Morgan fingerprint density at radius 3 is 1.68 bits per heavy atom. The third-order valence-corrected chi connectivity index (χ3v) is 5.24. The van der Waals surface area contributed by atoms with Gasteiger partial charge in [-0.05, 0) is 12.8 Å². The first kappa shape index (κ1) is 22.3. The maximum atomic E-state index is 12.6. The molecule has 0 amide bonds. The second-order valence-corrected chi connectivity index (χ2v) is 7.26. The molecule has 158 valence electrons. The highest BCUT2D eigenvalue weighted by atomic mass is 17.2. The molecule has 1 fully saturated rings. The average Bonchev–Trinajstić information content (AvgIpc) is 2.72. The molecule has 6 nitrogen and oxygen atoms in total. The van der Waals surface area contributed by atoms with Crippen LogP contribution < -0.4 is 14.2 Å². The highest BCUT2D eigenvalue weighted by Crippen LogP contribution is 2.35. The fraction of sp³-hybridized carbons (Fsp3) is 0.682. The molecule has 0 atom stereocenters. The SMILES string of the molecule is COc1cc(OC)c(C(=O)OOC2CCCCCCCCCCC2)cc1OC. The van der Waals surface area contributed by atoms with E-state index in [4.69, 9.17) is 24.0 Å². The number of hydrogen-bond donors (Lipinski definition) is 0. The van der Waals surface area contributed by atoms with Crippen molar-refractivity contribution in [2.75, 3.05) is 21.3 Å². The number of methoxy groups -OCH3 is 3. The summed E-state index contributed by atoms with van der Waals surface area (Å²) in [6.45, 7) is 0. The maximum absolute atomic E-state index is 12.6. The van der Waals surface area contributed by atoms with E-state index in [1.165, 1.54) is 66.3 Å². The van der Waals surface area contributed by atoms with Gasteiger partial charge in [0, 0.05) is 12.1 Å². The van der Waals surface area contributed by atoms with Gasteiger partial charge < -0.3 is 14.2 Å². The van der Waals surface area contributed by atoms with Crippen LogP contribution >= 0.6 is 0 Å². The molecule has 0 aromatic heterocycles. The largest absolute Gasteiger partial charge is 0.496 e. The molecule has 0 unspecified atom stereocenters. The molecular formula is C22H34O6. The van der Waals surface area contributed by atoms with Crippen molar-refractivity contribution in [3.05, 3.63) is 17.7 Å². The predicted molar refractivity (Wildman–Crippen MR) is 107 cm³/mol. The minimum Gasteiger partial charge on any atom is -0.496 e. The Balaban J connectivity index is 1.98. The molecule has 0 N–H and O–H groups in total. The highest BCUT2D eigenvalue weighted by molar-refractivity contribution is 5.93. The van der Waals surface area contributed by atoms with Crippen molar-refractivity contribution in [3.63, 3.8) is 0 Å². The highest BCUT2D eigenvalue weighted by Gasteiger charge is 2.21. The van der Waals surface area contributed by atoms with Gasteiger partial charge in [-0.25, -0.2) is 4.79 Å². The van der Waals surface area contributed by atoms with E-state index in [0.29, 0.717) is 17.2 Å². The van der Waals surface area contributed by atoms with E-state index in [0.717, 1.165) is 25.7 Å². The minimum absolute atomic E-state index is 0.0606. The molecule has 0 radical (unpaired) electrons. The average molecular weight is 395 g/mol. The van der Waals surface area contributed by atoms with Crippen molar-refractivity contribution in [2.24, 2.45) is 0 Å². The lowest BCUT2D eigenvalue weighted by Crippen LogP contribution is -2.17. The molecule has 0 heterocycles. The summed E-state index contributed by atoms with van der Waals surface area (Å²) in [5.41, 5.74) is 0.244. The molecule has 1 aliphatic rings. The second-order valence-electron chi connectivity index (χ2n) is 7.26. The summed E-state index contributed by atoms with van der Waals surface area (Å²) in [6.07, 6.45) is 12.9. The molecule has 0 bridgehead atoms. The van der Waals surface area contributed by atoms with Crippen molar-refractivity contribution in [2.45, 2.75) is 76.7 Å². The van der Waals surface area contributed by atoms with Crippen LogP contribution in [0.2, 0.25) is 0 Å². The summed E-state index contributed by atoms with van der Waals surface area (Å²) in [6, 6.07) is 3.15. The Morgan fingerprint density at radius 2 is 1.18 bits per heavy atom. The number of hydrogen-bond acceptors (Lipinski definition) is 6. The van der Waals surface area contributed by atoms with Crippen LogP contribution in [0.1, 0.15) is 81.0 Å². The van der Waals surface area contributed by atoms with Gasteiger partial charge in [-0.15, -0.1) is 0 Å². The topological polar surface area (TPSA) is 63.2 Å². The van der Waals surface area contributed by atoms with Gasteiger partial charge in [-0.1, -0.05) is 57.8 Å². The quantitative estimate of drug-likeness (QED) is 0.471. The first-order valence-corrected chi connectivity index (χ1v) is 10.4. The Morgan fingerprint density at radius 1 is 0.714 bits per heavy atom. The molecule has 6 heteroatoms. The molecule has 1 aromatic rings. The third-order valence-electron chi connectivity index (χ3n) is 5.24. The molecule has 0 aliphatic heterocycles. The van der Waals surface area contributed by atoms with Gasteiger partial charge >= 0.3 is 5.97 Å². The van der Waals surface area contributed by atoms with Gasteiger partial charge in [0.1, 0.15) is 17.4 Å². The first-order valence-electron chi connectivity index (χ1n) is 10.4. The van der Waals surface area contributed by atoms with Crippen molar-refractivity contribution < 1.29 is 28.8 Å². The van der Waals surface area contributed by atoms with Crippen LogP contribution in [0.3, 0.4) is 0 Å². The molecular weight excluding hydrogens is 360 g/mol. The lowest BCUT2D eigenvalue weighted by molar-refractivity contribution is -0.277. The Hall–Kier alpha value is -1.95. The van der Waals surface area contributed by atoms with E-state index in [1.54, 1.807) is 12.1 Å². The van der Waals surface area contributed by atoms with Crippen molar-refractivity contribution >= 4 is 5.97 Å². The predicted octanol–water partition coefficient (Wildman–Crippen LogP) is 5.47. The molecule has 0 saturated heterocycles. The van der Waals surface area contributed by atoms with Crippen LogP contribution in [-0.4, -0.2) is 33.4 Å². The van der Waals surface area contributed by atoms with Crippen molar-refractivity contribution in [1.29, 1.82) is 0 Å². The van der Waals surface area contributed by atoms with Crippen LogP contribution in [0.5, 0.6) is 17.2 Å². The van der Waals surface area contributed by atoms with E-state index in [1.807, 2.05) is 0 Å². The zero-order valence-electron chi connectivity index (χ0n) is 17.5. The van der Waals surface area contributed by atoms with E-state index in [-0.39, 0.29) is 11.7 Å². The Kier molecular flexibility index (Phi) is 9.97. The lowest BCUT2D eigenvalue weighted by Gasteiger charge is -2.18.